The molecule has 0 radical (unpaired) electrons. The van der Waals surface area contributed by atoms with Crippen molar-refractivity contribution >= 4 is 39.2 Å². The van der Waals surface area contributed by atoms with E-state index in [-0.39, 0.29) is 18.9 Å². The van der Waals surface area contributed by atoms with Crippen LogP contribution < -0.4 is 23.7 Å². The van der Waals surface area contributed by atoms with Crippen LogP contribution in [0.5, 0.6) is 28.9 Å². The third kappa shape index (κ3) is 7.73. The summed E-state index contributed by atoms with van der Waals surface area (Å²) in [6.45, 7) is 2.01. The number of para-hydroxylation sites is 2. The lowest BCUT2D eigenvalue weighted by molar-refractivity contribution is -0.145. The maximum Gasteiger partial charge on any atom is 0.345 e. The van der Waals surface area contributed by atoms with Crippen LogP contribution in [0.1, 0.15) is 16.8 Å². The molecule has 0 bridgehead atoms. The predicted octanol–water partition coefficient (Wildman–Crippen LogP) is 9.12. The van der Waals surface area contributed by atoms with Crippen LogP contribution in [0.4, 0.5) is 0 Å². The van der Waals surface area contributed by atoms with E-state index >= 15 is 0 Å². The van der Waals surface area contributed by atoms with Crippen LogP contribution in [0.3, 0.4) is 0 Å². The molecule has 278 valence electrons. The number of hydrogen-bond acceptors (Lipinski definition) is 11. The van der Waals surface area contributed by atoms with Crippen molar-refractivity contribution in [1.82, 2.24) is 19.3 Å². The van der Waals surface area contributed by atoms with Gasteiger partial charge in [-0.25, -0.2) is 14.8 Å². The van der Waals surface area contributed by atoms with Crippen molar-refractivity contribution in [1.29, 1.82) is 0 Å². The maximum absolute atomic E-state index is 12.9. The minimum absolute atomic E-state index is 0.0166. The molecule has 13 heteroatoms. The number of rotatable bonds is 14. The molecule has 0 aliphatic heterocycles. The number of aromatic nitrogens is 4. The second-order valence-corrected chi connectivity index (χ2v) is 13.5. The van der Waals surface area contributed by atoms with E-state index < -0.39 is 12.1 Å². The summed E-state index contributed by atoms with van der Waals surface area (Å²) in [5, 5.41) is 11.6. The van der Waals surface area contributed by atoms with Crippen molar-refractivity contribution in [3.8, 4) is 62.7 Å². The minimum Gasteiger partial charge on any atom is -0.497 e. The Morgan fingerprint density at radius 1 is 0.855 bits per heavy atom. The summed E-state index contributed by atoms with van der Waals surface area (Å²) in [5.74, 6) is 1.81. The van der Waals surface area contributed by atoms with Crippen LogP contribution in [-0.4, -0.2) is 57.8 Å². The average molecular weight is 775 g/mol. The lowest BCUT2D eigenvalue weighted by Crippen LogP contribution is -2.29. The summed E-state index contributed by atoms with van der Waals surface area (Å²) in [6.07, 6.45) is 2.03. The van der Waals surface area contributed by atoms with Crippen molar-refractivity contribution < 1.29 is 33.6 Å². The number of halogens is 1. The molecule has 0 spiro atoms. The first kappa shape index (κ1) is 37.1. The maximum atomic E-state index is 12.9. The first-order valence-corrected chi connectivity index (χ1v) is 18.3. The topological polar surface area (TPSA) is 135 Å². The number of benzene rings is 4. The Hall–Kier alpha value is -6.24. The number of nitrogens with zero attached hydrogens (tertiary/aromatic N) is 4. The molecule has 0 saturated carbocycles. The number of fused-ring (bicyclic) bond motifs is 1. The molecule has 7 rings (SSSR count). The Kier molecular flexibility index (Phi) is 11.1. The molecule has 55 heavy (non-hydrogen) atoms. The molecule has 1 atom stereocenters. The van der Waals surface area contributed by atoms with Gasteiger partial charge in [0.15, 0.2) is 5.82 Å². The second kappa shape index (κ2) is 16.4. The monoisotopic (exact) mass is 774 g/mol. The Labute approximate surface area is 326 Å². The molecule has 7 aromatic rings. The van der Waals surface area contributed by atoms with Crippen LogP contribution in [-0.2, 0) is 17.8 Å². The molecule has 11 nitrogen and oxygen atoms in total. The summed E-state index contributed by atoms with van der Waals surface area (Å²) in [4.78, 5) is 26.9. The van der Waals surface area contributed by atoms with Crippen LogP contribution in [0.15, 0.2) is 103 Å². The molecule has 3 aromatic heterocycles. The van der Waals surface area contributed by atoms with E-state index in [4.69, 9.17) is 40.3 Å². The van der Waals surface area contributed by atoms with E-state index in [9.17, 15) is 9.90 Å². The molecular weight excluding hydrogens is 740 g/mol. The van der Waals surface area contributed by atoms with Gasteiger partial charge in [0.2, 0.25) is 12.0 Å². The van der Waals surface area contributed by atoms with E-state index in [2.05, 4.69) is 14.3 Å². The molecule has 0 fully saturated rings. The zero-order chi connectivity index (χ0) is 38.5. The molecule has 1 N–H and O–H groups in total. The van der Waals surface area contributed by atoms with Crippen LogP contribution >= 0.6 is 23.1 Å². The smallest absolute Gasteiger partial charge is 0.345 e. The molecule has 0 saturated heterocycles. The van der Waals surface area contributed by atoms with Gasteiger partial charge in [-0.1, -0.05) is 60.1 Å². The second-order valence-electron chi connectivity index (χ2n) is 12.3. The quantitative estimate of drug-likeness (QED) is 0.113. The van der Waals surface area contributed by atoms with Crippen LogP contribution in [0.25, 0.3) is 43.9 Å². The van der Waals surface area contributed by atoms with Gasteiger partial charge in [-0.3, -0.25) is 4.98 Å². The van der Waals surface area contributed by atoms with Gasteiger partial charge in [-0.15, -0.1) is 0 Å². The van der Waals surface area contributed by atoms with Gasteiger partial charge in [0.1, 0.15) is 29.6 Å². The highest BCUT2D eigenvalue weighted by molar-refractivity contribution is 7.13. The third-order valence-electron chi connectivity index (χ3n) is 9.01. The molecule has 0 aliphatic rings. The highest BCUT2D eigenvalue weighted by Gasteiger charge is 2.28. The van der Waals surface area contributed by atoms with Crippen LogP contribution in [0, 0.1) is 6.92 Å². The Morgan fingerprint density at radius 3 is 2.42 bits per heavy atom. The highest BCUT2D eigenvalue weighted by atomic mass is 35.5. The van der Waals surface area contributed by atoms with E-state index in [1.54, 1.807) is 51.9 Å². The number of ether oxygens (including phenoxy) is 5. The number of pyridine rings is 1. The largest absolute Gasteiger partial charge is 0.497 e. The van der Waals surface area contributed by atoms with Crippen molar-refractivity contribution in [2.75, 3.05) is 21.3 Å². The Morgan fingerprint density at radius 2 is 1.64 bits per heavy atom. The van der Waals surface area contributed by atoms with Gasteiger partial charge in [-0.2, -0.15) is 4.37 Å². The van der Waals surface area contributed by atoms with Gasteiger partial charge in [0.05, 0.1) is 53.4 Å². The summed E-state index contributed by atoms with van der Waals surface area (Å²) in [6, 6.07) is 27.8. The van der Waals surface area contributed by atoms with E-state index in [0.717, 1.165) is 22.3 Å². The minimum atomic E-state index is -1.33. The fourth-order valence-electron chi connectivity index (χ4n) is 6.25. The molecule has 0 amide bonds. The number of aliphatic carboxylic acids is 1. The highest BCUT2D eigenvalue weighted by Crippen LogP contribution is 2.46. The number of methoxy groups -OCH3 is 3. The van der Waals surface area contributed by atoms with E-state index in [1.807, 2.05) is 79.7 Å². The fraction of sp³-hybridized carbons (Fsp3) is 0.167. The van der Waals surface area contributed by atoms with Gasteiger partial charge in [0.25, 0.3) is 0 Å². The molecule has 4 aromatic carbocycles. The van der Waals surface area contributed by atoms with Gasteiger partial charge < -0.3 is 28.8 Å². The lowest BCUT2D eigenvalue weighted by atomic mass is 9.93. The zero-order valence-corrected chi connectivity index (χ0v) is 31.9. The van der Waals surface area contributed by atoms with Crippen LogP contribution in [0.2, 0.25) is 5.02 Å². The molecule has 0 unspecified atom stereocenters. The van der Waals surface area contributed by atoms with Gasteiger partial charge >= 0.3 is 5.97 Å². The van der Waals surface area contributed by atoms with Crippen molar-refractivity contribution in [2.45, 2.75) is 26.1 Å². The lowest BCUT2D eigenvalue weighted by Gasteiger charge is -2.19. The van der Waals surface area contributed by atoms with Crippen molar-refractivity contribution in [3.05, 3.63) is 125 Å². The zero-order valence-electron chi connectivity index (χ0n) is 30.3. The summed E-state index contributed by atoms with van der Waals surface area (Å²) < 4.78 is 34.4. The summed E-state index contributed by atoms with van der Waals surface area (Å²) >= 11 is 7.96. The SMILES string of the molecule is COc1cccc(-c2ncc3snc(O[C@H](Cc4ccccc4OCc4ccnc(-c5ccccc5OC)n4)C(=O)O)c3c2-c2ccc(OC)c(Cl)c2C)c1. The van der Waals surface area contributed by atoms with Gasteiger partial charge in [0, 0.05) is 29.9 Å². The third-order valence-corrected chi connectivity index (χ3v) is 10.2. The number of hydrogen-bond donors (Lipinski definition) is 1. The normalized spacial score (nSPS) is 11.6. The number of carbonyl (C=O) groups is 1. The predicted molar refractivity (Wildman–Crippen MR) is 212 cm³/mol. The summed E-state index contributed by atoms with van der Waals surface area (Å²) in [5.41, 5.74) is 5.60. The van der Waals surface area contributed by atoms with Gasteiger partial charge in [-0.05, 0) is 77.6 Å². The molecular formula is C42H35ClN4O7S. The average Bonchev–Trinajstić information content (AvgIpc) is 3.63. The van der Waals surface area contributed by atoms with E-state index in [1.165, 1.54) is 11.5 Å². The fourth-order valence-corrected chi connectivity index (χ4v) is 7.18. The number of carboxylic acids is 1. The number of carboxylic acid groups (broad SMARTS) is 1. The van der Waals surface area contributed by atoms with E-state index in [0.29, 0.717) is 66.4 Å². The van der Waals surface area contributed by atoms with Crippen molar-refractivity contribution in [3.63, 3.8) is 0 Å². The Bertz CT molecular complexity index is 2510. The van der Waals surface area contributed by atoms with Crippen molar-refractivity contribution in [2.24, 2.45) is 0 Å². The first-order chi connectivity index (χ1) is 26.8. The Balaban J connectivity index is 1.23. The first-order valence-electron chi connectivity index (χ1n) is 17.1. The summed E-state index contributed by atoms with van der Waals surface area (Å²) in [7, 11) is 4.76. The molecule has 3 heterocycles. The standard InChI is InChI=1S/C42H35ClN4O7S/c1-24-29(16-17-33(52-4)38(24)43)36-37-35(22-45-39(36)26-11-9-12-28(20-26)50-2)55-47-41(37)54-34(42(48)49)21-25-10-5-7-14-31(25)53-23-27-18-19-44-40(46-27)30-13-6-8-15-32(30)51-3/h5-20,22,34H,21,23H2,1-4H3,(H,48,49)/t34-/m1/s1. The molecule has 0 aliphatic carbocycles.